The van der Waals surface area contributed by atoms with E-state index < -0.39 is 0 Å². The zero-order chi connectivity index (χ0) is 37.5. The fourth-order valence-corrected chi connectivity index (χ4v) is 10.2. The van der Waals surface area contributed by atoms with Gasteiger partial charge >= 0.3 is 211 Å². The third-order valence-electron chi connectivity index (χ3n) is 11.1. The van der Waals surface area contributed by atoms with Gasteiger partial charge in [0.1, 0.15) is 0 Å². The second-order valence-corrected chi connectivity index (χ2v) is 16.3. The maximum atomic E-state index is 5.36. The number of benzene rings is 6. The molecule has 6 nitrogen and oxygen atoms in total. The van der Waals surface area contributed by atoms with E-state index in [1.165, 1.54) is 9.65 Å². The first-order valence-corrected chi connectivity index (χ1v) is 20.8. The Morgan fingerprint density at radius 3 is 1.91 bits per heavy atom. The molecular formula is C50H30N6Se. The summed E-state index contributed by atoms with van der Waals surface area (Å²) in [6.45, 7) is 0. The molecule has 6 heterocycles. The van der Waals surface area contributed by atoms with Crippen molar-refractivity contribution >= 4 is 78.7 Å². The summed E-state index contributed by atoms with van der Waals surface area (Å²) < 4.78 is 5.95. The molecule has 0 aliphatic heterocycles. The topological polar surface area (TPSA) is 61.4 Å². The maximum absolute atomic E-state index is 5.36. The van der Waals surface area contributed by atoms with Crippen molar-refractivity contribution in [3.8, 4) is 45.5 Å². The van der Waals surface area contributed by atoms with Crippen LogP contribution in [0.3, 0.4) is 0 Å². The minimum atomic E-state index is 0.345. The van der Waals surface area contributed by atoms with Gasteiger partial charge < -0.3 is 0 Å². The minimum absolute atomic E-state index is 0.345. The predicted octanol–water partition coefficient (Wildman–Crippen LogP) is 11.8. The monoisotopic (exact) mass is 794 g/mol. The van der Waals surface area contributed by atoms with E-state index in [1.54, 1.807) is 0 Å². The molecule has 266 valence electrons. The van der Waals surface area contributed by atoms with Crippen LogP contribution in [0.5, 0.6) is 0 Å². The first-order valence-electron chi connectivity index (χ1n) is 19.0. The van der Waals surface area contributed by atoms with Crippen LogP contribution < -0.4 is 0 Å². The minimum Gasteiger partial charge on any atom is -0.248 e. The molecule has 0 saturated carbocycles. The molecule has 12 rings (SSSR count). The standard InChI is InChI=1S/C50H30N6Se/c1-2-9-31(10-3-1)40-13-8-14-41(52-40)33-19-23-42-34(29-33)20-24-47(53-42)55-44-15-6-4-11-36(44)38-21-22-39-37-12-5-7-16-45(37)56(49(39)48(38)55)50-51-27-25-43(54-50)35-18-17-32-26-28-57-46(32)30-35/h1-30H. The van der Waals surface area contributed by atoms with Crippen molar-refractivity contribution < 1.29 is 0 Å². The van der Waals surface area contributed by atoms with Crippen molar-refractivity contribution in [1.82, 2.24) is 29.1 Å². The predicted molar refractivity (Wildman–Crippen MR) is 235 cm³/mol. The Morgan fingerprint density at radius 1 is 0.421 bits per heavy atom. The SMILES string of the molecule is c1ccc(-c2cccc(-c3ccc4nc(-n5c6ccccc6c6ccc7c8ccccc8n(-c8nccc(-c9ccc%10cc[se]c%10c9)n8)c7c65)ccc4c3)n2)cc1. The number of hydrogen-bond acceptors (Lipinski definition) is 4. The summed E-state index contributed by atoms with van der Waals surface area (Å²) in [6.07, 6.45) is 1.89. The molecule has 0 unspecified atom stereocenters. The molecule has 0 aliphatic rings. The molecule has 0 spiro atoms. The van der Waals surface area contributed by atoms with Gasteiger partial charge in [0.15, 0.2) is 0 Å². The van der Waals surface area contributed by atoms with Gasteiger partial charge in [0.2, 0.25) is 0 Å². The number of pyridine rings is 2. The molecule has 7 heteroatoms. The molecule has 0 aliphatic carbocycles. The van der Waals surface area contributed by atoms with Gasteiger partial charge in [-0.1, -0.05) is 54.6 Å². The van der Waals surface area contributed by atoms with E-state index in [4.69, 9.17) is 19.9 Å². The summed E-state index contributed by atoms with van der Waals surface area (Å²) in [4.78, 5) is 22.9. The first-order chi connectivity index (χ1) is 28.2. The van der Waals surface area contributed by atoms with Crippen molar-refractivity contribution in [2.75, 3.05) is 0 Å². The van der Waals surface area contributed by atoms with E-state index in [0.717, 1.165) is 94.1 Å². The second-order valence-electron chi connectivity index (χ2n) is 14.3. The number of para-hydroxylation sites is 2. The summed E-state index contributed by atoms with van der Waals surface area (Å²) in [5.74, 6) is 1.48. The molecule has 0 N–H and O–H groups in total. The average molecular weight is 794 g/mol. The van der Waals surface area contributed by atoms with E-state index in [-0.39, 0.29) is 0 Å². The molecule has 57 heavy (non-hydrogen) atoms. The number of nitrogens with zero attached hydrogens (tertiary/aromatic N) is 6. The van der Waals surface area contributed by atoms with Gasteiger partial charge in [0, 0.05) is 16.5 Å². The Labute approximate surface area is 332 Å². The molecule has 0 bridgehead atoms. The Hall–Kier alpha value is -7.18. The summed E-state index contributed by atoms with van der Waals surface area (Å²) in [5, 5.41) is 6.95. The van der Waals surface area contributed by atoms with Crippen LogP contribution in [0.25, 0.3) is 110 Å². The Morgan fingerprint density at radius 2 is 1.09 bits per heavy atom. The van der Waals surface area contributed by atoms with Crippen LogP contribution in [-0.4, -0.2) is 43.6 Å². The van der Waals surface area contributed by atoms with E-state index in [1.807, 2.05) is 30.5 Å². The van der Waals surface area contributed by atoms with Crippen molar-refractivity contribution in [2.24, 2.45) is 0 Å². The normalized spacial score (nSPS) is 11.9. The van der Waals surface area contributed by atoms with Crippen molar-refractivity contribution in [3.05, 3.63) is 181 Å². The van der Waals surface area contributed by atoms with E-state index in [9.17, 15) is 0 Å². The Kier molecular flexibility index (Phi) is 7.14. The van der Waals surface area contributed by atoms with E-state index >= 15 is 0 Å². The van der Waals surface area contributed by atoms with Crippen LogP contribution in [0.4, 0.5) is 0 Å². The summed E-state index contributed by atoms with van der Waals surface area (Å²) in [6, 6.07) is 59.9. The fourth-order valence-electron chi connectivity index (χ4n) is 8.44. The number of hydrogen-bond donors (Lipinski definition) is 0. The quantitative estimate of drug-likeness (QED) is 0.163. The van der Waals surface area contributed by atoms with Crippen LogP contribution in [-0.2, 0) is 0 Å². The van der Waals surface area contributed by atoms with Crippen LogP contribution >= 0.6 is 0 Å². The zero-order valence-electron chi connectivity index (χ0n) is 30.4. The zero-order valence-corrected chi connectivity index (χ0v) is 32.1. The Balaban J connectivity index is 1.07. The van der Waals surface area contributed by atoms with Gasteiger partial charge in [-0.05, 0) is 30.3 Å². The molecule has 6 aromatic carbocycles. The smallest absolute Gasteiger partial charge is 0.248 e. The van der Waals surface area contributed by atoms with Crippen molar-refractivity contribution in [3.63, 3.8) is 0 Å². The summed E-state index contributed by atoms with van der Waals surface area (Å²) >= 11 is 0.345. The molecule has 0 radical (unpaired) electrons. The Bertz CT molecular complexity index is 3540. The van der Waals surface area contributed by atoms with Crippen molar-refractivity contribution in [1.29, 1.82) is 0 Å². The molecular weight excluding hydrogens is 764 g/mol. The van der Waals surface area contributed by atoms with E-state index in [0.29, 0.717) is 20.5 Å². The average Bonchev–Trinajstić information content (AvgIpc) is 3.99. The number of rotatable bonds is 5. The number of fused-ring (bicyclic) bond motifs is 9. The molecule has 0 saturated heterocycles. The third-order valence-corrected chi connectivity index (χ3v) is 12.9. The van der Waals surface area contributed by atoms with Crippen LogP contribution in [0.15, 0.2) is 181 Å². The number of aromatic nitrogens is 6. The fraction of sp³-hybridized carbons (Fsp3) is 0. The third kappa shape index (κ3) is 5.10. The van der Waals surface area contributed by atoms with Crippen LogP contribution in [0, 0.1) is 0 Å². The second kappa shape index (κ2) is 12.7. The van der Waals surface area contributed by atoms with Crippen LogP contribution in [0.2, 0.25) is 0 Å². The van der Waals surface area contributed by atoms with Gasteiger partial charge in [-0.15, -0.1) is 0 Å². The van der Waals surface area contributed by atoms with Gasteiger partial charge in [0.25, 0.3) is 0 Å². The summed E-state index contributed by atoms with van der Waals surface area (Å²) in [5.41, 5.74) is 11.2. The van der Waals surface area contributed by atoms with Gasteiger partial charge in [0.05, 0.1) is 16.9 Å². The molecule has 0 atom stereocenters. The van der Waals surface area contributed by atoms with E-state index in [2.05, 4.69) is 160 Å². The van der Waals surface area contributed by atoms with Crippen LogP contribution in [0.1, 0.15) is 0 Å². The molecule has 12 aromatic rings. The molecule has 0 fully saturated rings. The van der Waals surface area contributed by atoms with Gasteiger partial charge in [-0.2, -0.15) is 0 Å². The first kappa shape index (κ1) is 32.1. The molecule has 0 amide bonds. The molecule has 6 aromatic heterocycles. The van der Waals surface area contributed by atoms with Gasteiger partial charge in [-0.25, -0.2) is 4.98 Å². The van der Waals surface area contributed by atoms with Crippen molar-refractivity contribution in [2.45, 2.75) is 0 Å². The summed E-state index contributed by atoms with van der Waals surface area (Å²) in [7, 11) is 0. The van der Waals surface area contributed by atoms with Gasteiger partial charge in [-0.3, -0.25) is 0 Å².